The van der Waals surface area contributed by atoms with E-state index in [9.17, 15) is 0 Å². The van der Waals surface area contributed by atoms with Crippen molar-refractivity contribution in [3.8, 4) is 11.4 Å². The van der Waals surface area contributed by atoms with Crippen LogP contribution < -0.4 is 20.7 Å². The van der Waals surface area contributed by atoms with Crippen molar-refractivity contribution in [3.05, 3.63) is 218 Å². The SMILES string of the molecule is c1ccc([Si](c2ccccc2)(c2ccccc2)c2cc(-n3c4ccccc4c4cc(-n5c6ccccc6c6ccccc65)ccc43)c3oc4ccccc4c3c2)cc1. The Morgan fingerprint density at radius 3 is 1.33 bits per heavy atom. The largest absolute Gasteiger partial charge is 0.454 e. The minimum absolute atomic E-state index is 0.885. The molecule has 0 unspecified atom stereocenters. The highest BCUT2D eigenvalue weighted by molar-refractivity contribution is 7.20. The van der Waals surface area contributed by atoms with Crippen LogP contribution >= 0.6 is 0 Å². The van der Waals surface area contributed by atoms with Gasteiger partial charge in [-0.2, -0.15) is 0 Å². The van der Waals surface area contributed by atoms with Gasteiger partial charge in [0.25, 0.3) is 0 Å². The molecule has 0 saturated heterocycles. The standard InChI is InChI=1S/C54H36N2OSi/c1-4-18-38(19-5-1)58(39-20-6-2-7-21-39,40-22-8-3-9-23-40)41-35-47-45-27-13-17-31-53(45)57-54(47)52(36-41)56-50-30-16-12-26-44(50)46-34-37(32-33-51(46)56)55-48-28-14-10-24-42(48)43-25-11-15-29-49(43)55/h1-36H. The van der Waals surface area contributed by atoms with Gasteiger partial charge in [-0.05, 0) is 75.3 Å². The summed E-state index contributed by atoms with van der Waals surface area (Å²) in [6.07, 6.45) is 0. The van der Waals surface area contributed by atoms with Crippen LogP contribution in [-0.2, 0) is 0 Å². The van der Waals surface area contributed by atoms with E-state index in [1.165, 1.54) is 53.3 Å². The van der Waals surface area contributed by atoms with Gasteiger partial charge in [0.2, 0.25) is 0 Å². The van der Waals surface area contributed by atoms with Gasteiger partial charge in [0.05, 0.1) is 27.8 Å². The summed E-state index contributed by atoms with van der Waals surface area (Å²) in [5.41, 5.74) is 8.63. The fraction of sp³-hybridized carbons (Fsp3) is 0. The molecule has 0 atom stereocenters. The van der Waals surface area contributed by atoms with Gasteiger partial charge in [-0.1, -0.05) is 164 Å². The Morgan fingerprint density at radius 1 is 0.310 bits per heavy atom. The first kappa shape index (κ1) is 32.8. The lowest BCUT2D eigenvalue weighted by atomic mass is 10.1. The van der Waals surface area contributed by atoms with Crippen LogP contribution in [0.25, 0.3) is 76.9 Å². The molecule has 58 heavy (non-hydrogen) atoms. The normalized spacial score (nSPS) is 12.1. The first-order valence-corrected chi connectivity index (χ1v) is 21.9. The van der Waals surface area contributed by atoms with E-state index in [0.717, 1.165) is 44.3 Å². The monoisotopic (exact) mass is 756 g/mol. The molecule has 0 aliphatic carbocycles. The predicted molar refractivity (Wildman–Crippen MR) is 246 cm³/mol. The van der Waals surface area contributed by atoms with E-state index in [1.807, 2.05) is 0 Å². The molecule has 4 heteroatoms. The van der Waals surface area contributed by atoms with Gasteiger partial charge < -0.3 is 13.6 Å². The Morgan fingerprint density at radius 2 is 0.759 bits per heavy atom. The molecule has 0 N–H and O–H groups in total. The minimum Gasteiger partial charge on any atom is -0.454 e. The topological polar surface area (TPSA) is 23.0 Å². The smallest absolute Gasteiger partial charge is 0.179 e. The van der Waals surface area contributed by atoms with E-state index in [1.54, 1.807) is 0 Å². The summed E-state index contributed by atoms with van der Waals surface area (Å²) in [4.78, 5) is 0. The summed E-state index contributed by atoms with van der Waals surface area (Å²) in [5, 5.41) is 12.5. The molecule has 0 radical (unpaired) electrons. The third-order valence-electron chi connectivity index (χ3n) is 12.2. The average molecular weight is 757 g/mol. The van der Waals surface area contributed by atoms with Gasteiger partial charge in [-0.25, -0.2) is 0 Å². The van der Waals surface area contributed by atoms with Crippen LogP contribution in [0.2, 0.25) is 0 Å². The third kappa shape index (κ3) is 4.67. The second-order valence-corrected chi connectivity index (χ2v) is 19.1. The lowest BCUT2D eigenvalue weighted by Gasteiger charge is -2.34. The second kappa shape index (κ2) is 12.8. The molecule has 0 fully saturated rings. The van der Waals surface area contributed by atoms with Crippen molar-refractivity contribution in [2.24, 2.45) is 0 Å². The number of rotatable bonds is 6. The van der Waals surface area contributed by atoms with E-state index >= 15 is 0 Å². The fourth-order valence-electron chi connectivity index (χ4n) is 9.82. The van der Waals surface area contributed by atoms with E-state index in [-0.39, 0.29) is 0 Å². The zero-order valence-corrected chi connectivity index (χ0v) is 32.6. The summed E-state index contributed by atoms with van der Waals surface area (Å²) >= 11 is 0. The highest BCUT2D eigenvalue weighted by atomic mass is 28.3. The van der Waals surface area contributed by atoms with Crippen molar-refractivity contribution in [1.82, 2.24) is 9.13 Å². The van der Waals surface area contributed by atoms with Crippen molar-refractivity contribution in [3.63, 3.8) is 0 Å². The summed E-state index contributed by atoms with van der Waals surface area (Å²) < 4.78 is 11.8. The van der Waals surface area contributed by atoms with Gasteiger partial charge in [0.15, 0.2) is 13.7 Å². The molecular weight excluding hydrogens is 721 g/mol. The quantitative estimate of drug-likeness (QED) is 0.122. The average Bonchev–Trinajstić information content (AvgIpc) is 3.95. The van der Waals surface area contributed by atoms with Crippen LogP contribution in [0.4, 0.5) is 0 Å². The van der Waals surface area contributed by atoms with Gasteiger partial charge in [-0.15, -0.1) is 0 Å². The van der Waals surface area contributed by atoms with Gasteiger partial charge in [-0.3, -0.25) is 0 Å². The van der Waals surface area contributed by atoms with E-state index in [0.29, 0.717) is 0 Å². The molecule has 3 aromatic heterocycles. The zero-order valence-electron chi connectivity index (χ0n) is 31.6. The van der Waals surface area contributed by atoms with Crippen LogP contribution in [0, 0.1) is 0 Å². The lowest BCUT2D eigenvalue weighted by molar-refractivity contribution is 0.666. The number of fused-ring (bicyclic) bond motifs is 9. The first-order valence-electron chi connectivity index (χ1n) is 19.9. The van der Waals surface area contributed by atoms with E-state index in [2.05, 4.69) is 228 Å². The van der Waals surface area contributed by atoms with Crippen LogP contribution in [0.1, 0.15) is 0 Å². The molecule has 0 aliphatic rings. The third-order valence-corrected chi connectivity index (χ3v) is 17.0. The summed E-state index contributed by atoms with van der Waals surface area (Å²) in [6.45, 7) is 0. The van der Waals surface area contributed by atoms with Crippen molar-refractivity contribution < 1.29 is 4.42 Å². The van der Waals surface area contributed by atoms with Crippen molar-refractivity contribution in [2.45, 2.75) is 0 Å². The van der Waals surface area contributed by atoms with Crippen LogP contribution in [0.5, 0.6) is 0 Å². The van der Waals surface area contributed by atoms with E-state index in [4.69, 9.17) is 4.42 Å². The maximum Gasteiger partial charge on any atom is 0.179 e. The Kier molecular flexibility index (Phi) is 7.25. The number of hydrogen-bond acceptors (Lipinski definition) is 1. The van der Waals surface area contributed by atoms with Gasteiger partial charge in [0, 0.05) is 38.0 Å². The number of aromatic nitrogens is 2. The molecule has 3 heterocycles. The Hall–Kier alpha value is -7.40. The number of furan rings is 1. The number of para-hydroxylation sites is 4. The number of benzene rings is 9. The van der Waals surface area contributed by atoms with Gasteiger partial charge in [0.1, 0.15) is 5.58 Å². The molecule has 0 saturated carbocycles. The van der Waals surface area contributed by atoms with Crippen molar-refractivity contribution >= 4 is 94.4 Å². The molecule has 12 aromatic rings. The first-order chi connectivity index (χ1) is 28.8. The van der Waals surface area contributed by atoms with Crippen molar-refractivity contribution in [2.75, 3.05) is 0 Å². The summed E-state index contributed by atoms with van der Waals surface area (Å²) in [7, 11) is -2.91. The molecule has 0 aliphatic heterocycles. The molecule has 0 amide bonds. The molecule has 0 bridgehead atoms. The molecule has 3 nitrogen and oxygen atoms in total. The van der Waals surface area contributed by atoms with E-state index < -0.39 is 8.07 Å². The van der Waals surface area contributed by atoms with Crippen LogP contribution in [0.15, 0.2) is 223 Å². The van der Waals surface area contributed by atoms with Gasteiger partial charge >= 0.3 is 0 Å². The Labute approximate surface area is 336 Å². The Balaban J connectivity index is 1.21. The zero-order chi connectivity index (χ0) is 38.2. The summed E-state index contributed by atoms with van der Waals surface area (Å²) in [5.74, 6) is 0. The lowest BCUT2D eigenvalue weighted by Crippen LogP contribution is -2.74. The Bertz CT molecular complexity index is 3360. The van der Waals surface area contributed by atoms with Crippen molar-refractivity contribution in [1.29, 1.82) is 0 Å². The second-order valence-electron chi connectivity index (χ2n) is 15.2. The molecule has 0 spiro atoms. The number of hydrogen-bond donors (Lipinski definition) is 0. The molecule has 12 rings (SSSR count). The minimum atomic E-state index is -2.91. The molecule has 9 aromatic carbocycles. The predicted octanol–water partition coefficient (Wildman–Crippen LogP) is 11.2. The summed E-state index contributed by atoms with van der Waals surface area (Å²) in [6, 6.07) is 80.2. The number of nitrogens with zero attached hydrogens (tertiary/aromatic N) is 2. The maximum atomic E-state index is 6.96. The maximum absolute atomic E-state index is 6.96. The highest BCUT2D eigenvalue weighted by Gasteiger charge is 2.42. The molecular formula is C54H36N2OSi. The van der Waals surface area contributed by atoms with Crippen LogP contribution in [0.3, 0.4) is 0 Å². The van der Waals surface area contributed by atoms with Crippen LogP contribution in [-0.4, -0.2) is 17.2 Å². The fourth-order valence-corrected chi connectivity index (χ4v) is 14.6. The molecule has 272 valence electrons. The highest BCUT2D eigenvalue weighted by Crippen LogP contribution is 2.40.